The largest absolute Gasteiger partial charge is 0.495 e. The number of methoxy groups -OCH3 is 1. The number of carbonyl (C=O) groups is 1. The van der Waals surface area contributed by atoms with Crippen LogP contribution in [0.5, 0.6) is 5.75 Å². The molecular weight excluding hydrogens is 362 g/mol. The number of carboxylic acids is 1. The Morgan fingerprint density at radius 3 is 2.81 bits per heavy atom. The highest BCUT2D eigenvalue weighted by molar-refractivity contribution is 9.10. The third kappa shape index (κ3) is 3.38. The molecule has 2 rings (SSSR count). The molecule has 1 saturated heterocycles. The Hall–Kier alpha value is -1.12. The summed E-state index contributed by atoms with van der Waals surface area (Å²) in [4.78, 5) is 11.1. The van der Waals surface area contributed by atoms with E-state index < -0.39 is 21.9 Å². The quantitative estimate of drug-likeness (QED) is 0.866. The van der Waals surface area contributed by atoms with E-state index in [-0.39, 0.29) is 17.2 Å². The zero-order chi connectivity index (χ0) is 15.6. The van der Waals surface area contributed by atoms with E-state index in [0.29, 0.717) is 23.9 Å². The van der Waals surface area contributed by atoms with E-state index in [9.17, 15) is 13.2 Å². The van der Waals surface area contributed by atoms with Crippen molar-refractivity contribution in [3.8, 4) is 5.75 Å². The van der Waals surface area contributed by atoms with Crippen molar-refractivity contribution >= 4 is 31.9 Å². The van der Waals surface area contributed by atoms with Crippen molar-refractivity contribution in [3.05, 3.63) is 22.7 Å². The molecule has 116 valence electrons. The van der Waals surface area contributed by atoms with Gasteiger partial charge in [-0.3, -0.25) is 4.79 Å². The highest BCUT2D eigenvalue weighted by atomic mass is 79.9. The molecule has 0 aliphatic carbocycles. The molecule has 1 aromatic carbocycles. The van der Waals surface area contributed by atoms with Gasteiger partial charge in [0.05, 0.1) is 13.0 Å². The zero-order valence-corrected chi connectivity index (χ0v) is 13.9. The Kier molecular flexibility index (Phi) is 4.90. The predicted molar refractivity (Wildman–Crippen MR) is 79.8 cm³/mol. The third-order valence-electron chi connectivity index (χ3n) is 3.48. The summed E-state index contributed by atoms with van der Waals surface area (Å²) >= 11 is 3.24. The highest BCUT2D eigenvalue weighted by Crippen LogP contribution is 2.31. The lowest BCUT2D eigenvalue weighted by molar-refractivity contribution is -0.142. The van der Waals surface area contributed by atoms with Crippen LogP contribution in [0.3, 0.4) is 0 Å². The number of sulfonamides is 1. The van der Waals surface area contributed by atoms with Crippen molar-refractivity contribution < 1.29 is 23.1 Å². The Labute approximate surface area is 131 Å². The number of benzene rings is 1. The summed E-state index contributed by atoms with van der Waals surface area (Å²) in [6.45, 7) is 0.315. The topological polar surface area (TPSA) is 83.9 Å². The molecule has 0 bridgehead atoms. The van der Waals surface area contributed by atoms with E-state index in [1.165, 1.54) is 17.5 Å². The van der Waals surface area contributed by atoms with Gasteiger partial charge in [0.1, 0.15) is 10.6 Å². The number of rotatable bonds is 4. The monoisotopic (exact) mass is 377 g/mol. The Balaban J connectivity index is 2.38. The molecule has 21 heavy (non-hydrogen) atoms. The van der Waals surface area contributed by atoms with Crippen LogP contribution >= 0.6 is 15.9 Å². The Morgan fingerprint density at radius 2 is 2.19 bits per heavy atom. The van der Waals surface area contributed by atoms with Gasteiger partial charge in [0, 0.05) is 17.6 Å². The van der Waals surface area contributed by atoms with E-state index in [1.807, 2.05) is 0 Å². The number of nitrogens with zero attached hydrogens (tertiary/aromatic N) is 1. The van der Waals surface area contributed by atoms with Crippen LogP contribution < -0.4 is 4.74 Å². The van der Waals surface area contributed by atoms with Crippen LogP contribution in [-0.2, 0) is 14.8 Å². The first-order valence-electron chi connectivity index (χ1n) is 6.42. The lowest BCUT2D eigenvalue weighted by atomic mass is 10.0. The maximum Gasteiger partial charge on any atom is 0.307 e. The maximum atomic E-state index is 12.7. The number of halogens is 1. The minimum Gasteiger partial charge on any atom is -0.495 e. The number of piperidine rings is 1. The molecular formula is C13H16BrNO5S. The molecule has 1 N–H and O–H groups in total. The molecule has 0 aromatic heterocycles. The van der Waals surface area contributed by atoms with Crippen LogP contribution in [0.15, 0.2) is 27.6 Å². The fourth-order valence-electron chi connectivity index (χ4n) is 2.35. The molecule has 0 radical (unpaired) electrons. The molecule has 8 heteroatoms. The average Bonchev–Trinajstić information content (AvgIpc) is 2.47. The molecule has 1 aliphatic rings. The summed E-state index contributed by atoms with van der Waals surface area (Å²) in [6, 6.07) is 4.72. The van der Waals surface area contributed by atoms with Crippen LogP contribution in [0.4, 0.5) is 0 Å². The van der Waals surface area contributed by atoms with E-state index >= 15 is 0 Å². The molecule has 0 unspecified atom stereocenters. The first-order chi connectivity index (χ1) is 9.86. The molecule has 1 atom stereocenters. The Bertz CT molecular complexity index is 646. The predicted octanol–water partition coefficient (Wildman–Crippen LogP) is 1.94. The summed E-state index contributed by atoms with van der Waals surface area (Å²) < 4.78 is 32.4. The van der Waals surface area contributed by atoms with Gasteiger partial charge in [-0.15, -0.1) is 0 Å². The lowest BCUT2D eigenvalue weighted by Crippen LogP contribution is -2.42. The summed E-state index contributed by atoms with van der Waals surface area (Å²) in [5.41, 5.74) is 0. The lowest BCUT2D eigenvalue weighted by Gasteiger charge is -2.30. The molecule has 0 amide bonds. The fourth-order valence-corrected chi connectivity index (χ4v) is 4.57. The molecule has 1 fully saturated rings. The van der Waals surface area contributed by atoms with Crippen molar-refractivity contribution in [2.45, 2.75) is 17.7 Å². The minimum atomic E-state index is -3.78. The van der Waals surface area contributed by atoms with Gasteiger partial charge in [0.2, 0.25) is 10.0 Å². The fraction of sp³-hybridized carbons (Fsp3) is 0.462. The average molecular weight is 378 g/mol. The van der Waals surface area contributed by atoms with Crippen molar-refractivity contribution in [2.75, 3.05) is 20.2 Å². The van der Waals surface area contributed by atoms with Crippen molar-refractivity contribution in [1.29, 1.82) is 0 Å². The van der Waals surface area contributed by atoms with Crippen molar-refractivity contribution in [3.63, 3.8) is 0 Å². The number of hydrogen-bond donors (Lipinski definition) is 1. The van der Waals surface area contributed by atoms with E-state index in [1.54, 1.807) is 12.1 Å². The number of carboxylic acid groups (broad SMARTS) is 1. The van der Waals surface area contributed by atoms with Crippen molar-refractivity contribution in [2.24, 2.45) is 5.92 Å². The van der Waals surface area contributed by atoms with Crippen LogP contribution in [0.2, 0.25) is 0 Å². The van der Waals surface area contributed by atoms with Gasteiger partial charge in [0.15, 0.2) is 0 Å². The van der Waals surface area contributed by atoms with E-state index in [0.717, 1.165) is 0 Å². The van der Waals surface area contributed by atoms with Gasteiger partial charge in [-0.1, -0.05) is 15.9 Å². The first kappa shape index (κ1) is 16.3. The SMILES string of the molecule is COc1ccc(Br)cc1S(=O)(=O)N1CCC[C@H](C(=O)O)C1. The van der Waals surface area contributed by atoms with Gasteiger partial charge in [-0.2, -0.15) is 4.31 Å². The smallest absolute Gasteiger partial charge is 0.307 e. The molecule has 1 aliphatic heterocycles. The highest BCUT2D eigenvalue weighted by Gasteiger charge is 2.34. The second kappa shape index (κ2) is 6.33. The van der Waals surface area contributed by atoms with Crippen LogP contribution in [0.25, 0.3) is 0 Å². The summed E-state index contributed by atoms with van der Waals surface area (Å²) in [5.74, 6) is -1.38. The molecule has 0 spiro atoms. The summed E-state index contributed by atoms with van der Waals surface area (Å²) in [7, 11) is -2.38. The first-order valence-corrected chi connectivity index (χ1v) is 8.66. The molecule has 1 aromatic rings. The molecule has 6 nitrogen and oxygen atoms in total. The Morgan fingerprint density at radius 1 is 1.48 bits per heavy atom. The standard InChI is InChI=1S/C13H16BrNO5S/c1-20-11-5-4-10(14)7-12(11)21(18,19)15-6-2-3-9(8-15)13(16)17/h4-5,7,9H,2-3,6,8H2,1H3,(H,16,17)/t9-/m0/s1. The minimum absolute atomic E-state index is 0.00661. The van der Waals surface area contributed by atoms with Gasteiger partial charge < -0.3 is 9.84 Å². The van der Waals surface area contributed by atoms with Crippen LogP contribution in [0, 0.1) is 5.92 Å². The number of aliphatic carboxylic acids is 1. The van der Waals surface area contributed by atoms with E-state index in [2.05, 4.69) is 15.9 Å². The second-order valence-electron chi connectivity index (χ2n) is 4.84. The van der Waals surface area contributed by atoms with Gasteiger partial charge >= 0.3 is 5.97 Å². The van der Waals surface area contributed by atoms with Crippen LogP contribution in [0.1, 0.15) is 12.8 Å². The molecule has 0 saturated carbocycles. The van der Waals surface area contributed by atoms with Crippen molar-refractivity contribution in [1.82, 2.24) is 4.31 Å². The zero-order valence-electron chi connectivity index (χ0n) is 11.5. The normalized spacial score (nSPS) is 20.2. The van der Waals surface area contributed by atoms with Crippen LogP contribution in [-0.4, -0.2) is 44.0 Å². The summed E-state index contributed by atoms with van der Waals surface area (Å²) in [5, 5.41) is 9.08. The summed E-state index contributed by atoms with van der Waals surface area (Å²) in [6.07, 6.45) is 1.03. The number of ether oxygens (including phenoxy) is 1. The van der Waals surface area contributed by atoms with Gasteiger partial charge in [-0.05, 0) is 31.0 Å². The second-order valence-corrected chi connectivity index (χ2v) is 7.66. The molecule has 1 heterocycles. The van der Waals surface area contributed by atoms with Gasteiger partial charge in [-0.25, -0.2) is 8.42 Å². The number of hydrogen-bond acceptors (Lipinski definition) is 4. The van der Waals surface area contributed by atoms with E-state index in [4.69, 9.17) is 9.84 Å². The third-order valence-corrected chi connectivity index (χ3v) is 5.86. The van der Waals surface area contributed by atoms with Gasteiger partial charge in [0.25, 0.3) is 0 Å². The maximum absolute atomic E-state index is 12.7.